The lowest BCUT2D eigenvalue weighted by atomic mass is 9.98. The molecule has 27 heavy (non-hydrogen) atoms. The second kappa shape index (κ2) is 7.58. The highest BCUT2D eigenvalue weighted by atomic mass is 32.1. The standard InChI is InChI=1S/C19H28N4O3S/c1-13-14(27-18(20-13)19(2,3)4)15(24)22-9-11-23(12-10-22)17(26)16(25)21-7-5-6-8-21/h5-12H2,1-4H3. The van der Waals surface area contributed by atoms with Crippen molar-refractivity contribution < 1.29 is 14.4 Å². The molecule has 2 fully saturated rings. The second-order valence-corrected chi connectivity index (χ2v) is 9.27. The van der Waals surface area contributed by atoms with E-state index in [1.54, 1.807) is 14.7 Å². The average molecular weight is 393 g/mol. The van der Waals surface area contributed by atoms with Gasteiger partial charge in [0.25, 0.3) is 5.91 Å². The monoisotopic (exact) mass is 392 g/mol. The van der Waals surface area contributed by atoms with E-state index >= 15 is 0 Å². The van der Waals surface area contributed by atoms with Gasteiger partial charge in [-0.25, -0.2) is 4.98 Å². The molecular formula is C19H28N4O3S. The highest BCUT2D eigenvalue weighted by molar-refractivity contribution is 7.14. The zero-order valence-electron chi connectivity index (χ0n) is 16.6. The van der Waals surface area contributed by atoms with E-state index in [9.17, 15) is 14.4 Å². The third-order valence-corrected chi connectivity index (χ3v) is 6.63. The summed E-state index contributed by atoms with van der Waals surface area (Å²) in [7, 11) is 0. The number of carbonyl (C=O) groups excluding carboxylic acids is 3. The Morgan fingerprint density at radius 2 is 1.33 bits per heavy atom. The van der Waals surface area contributed by atoms with E-state index in [-0.39, 0.29) is 11.3 Å². The van der Waals surface area contributed by atoms with Crippen LogP contribution in [-0.2, 0) is 15.0 Å². The molecule has 2 aliphatic rings. The fourth-order valence-corrected chi connectivity index (χ4v) is 4.45. The number of piperazine rings is 1. The van der Waals surface area contributed by atoms with Gasteiger partial charge in [0, 0.05) is 44.7 Å². The van der Waals surface area contributed by atoms with Crippen molar-refractivity contribution in [2.45, 2.75) is 46.0 Å². The van der Waals surface area contributed by atoms with Crippen LogP contribution in [0.5, 0.6) is 0 Å². The van der Waals surface area contributed by atoms with Crippen LogP contribution in [0.2, 0.25) is 0 Å². The average Bonchev–Trinajstić information content (AvgIpc) is 3.29. The smallest absolute Gasteiger partial charge is 0.312 e. The van der Waals surface area contributed by atoms with Crippen molar-refractivity contribution in [2.75, 3.05) is 39.3 Å². The fourth-order valence-electron chi connectivity index (χ4n) is 3.36. The third-order valence-electron chi connectivity index (χ3n) is 5.06. The van der Waals surface area contributed by atoms with Crippen LogP contribution < -0.4 is 0 Å². The van der Waals surface area contributed by atoms with E-state index in [4.69, 9.17) is 0 Å². The summed E-state index contributed by atoms with van der Waals surface area (Å²) in [6, 6.07) is 0. The predicted molar refractivity (Wildman–Crippen MR) is 104 cm³/mol. The maximum atomic E-state index is 12.9. The Morgan fingerprint density at radius 1 is 0.852 bits per heavy atom. The van der Waals surface area contributed by atoms with Crippen molar-refractivity contribution in [3.8, 4) is 0 Å². The molecule has 3 heterocycles. The lowest BCUT2D eigenvalue weighted by Crippen LogP contribution is -2.54. The minimum Gasteiger partial charge on any atom is -0.334 e. The van der Waals surface area contributed by atoms with Gasteiger partial charge in [-0.15, -0.1) is 11.3 Å². The highest BCUT2D eigenvalue weighted by Gasteiger charge is 2.33. The topological polar surface area (TPSA) is 73.8 Å². The molecule has 3 rings (SSSR count). The fraction of sp³-hybridized carbons (Fsp3) is 0.684. The molecule has 0 spiro atoms. The van der Waals surface area contributed by atoms with Crippen LogP contribution in [0, 0.1) is 6.92 Å². The van der Waals surface area contributed by atoms with Crippen molar-refractivity contribution in [3.05, 3.63) is 15.6 Å². The highest BCUT2D eigenvalue weighted by Crippen LogP contribution is 2.30. The lowest BCUT2D eigenvalue weighted by Gasteiger charge is -2.34. The first-order chi connectivity index (χ1) is 12.7. The second-order valence-electron chi connectivity index (χ2n) is 8.27. The Bertz CT molecular complexity index is 739. The first-order valence-corrected chi connectivity index (χ1v) is 10.4. The molecular weight excluding hydrogens is 364 g/mol. The maximum absolute atomic E-state index is 12.9. The Labute approximate surface area is 164 Å². The number of carbonyl (C=O) groups is 3. The lowest BCUT2D eigenvalue weighted by molar-refractivity contribution is -0.152. The number of nitrogens with zero attached hydrogens (tertiary/aromatic N) is 4. The van der Waals surface area contributed by atoms with E-state index in [0.717, 1.165) is 23.5 Å². The molecule has 0 bridgehead atoms. The summed E-state index contributed by atoms with van der Waals surface area (Å²) >= 11 is 1.45. The minimum atomic E-state index is -0.437. The maximum Gasteiger partial charge on any atom is 0.312 e. The van der Waals surface area contributed by atoms with E-state index in [1.165, 1.54) is 11.3 Å². The van der Waals surface area contributed by atoms with E-state index in [0.29, 0.717) is 44.1 Å². The van der Waals surface area contributed by atoms with Gasteiger partial charge < -0.3 is 14.7 Å². The molecule has 2 aliphatic heterocycles. The van der Waals surface area contributed by atoms with Crippen molar-refractivity contribution in [2.24, 2.45) is 0 Å². The van der Waals surface area contributed by atoms with Crippen LogP contribution in [-0.4, -0.2) is 76.7 Å². The van der Waals surface area contributed by atoms with E-state index in [1.807, 2.05) is 6.92 Å². The van der Waals surface area contributed by atoms with Gasteiger partial charge in [0.1, 0.15) is 4.88 Å². The van der Waals surface area contributed by atoms with Crippen LogP contribution in [0.25, 0.3) is 0 Å². The van der Waals surface area contributed by atoms with Crippen LogP contribution in [0.4, 0.5) is 0 Å². The molecule has 1 aromatic heterocycles. The first kappa shape index (κ1) is 19.8. The summed E-state index contributed by atoms with van der Waals surface area (Å²) < 4.78 is 0. The molecule has 0 aliphatic carbocycles. The third kappa shape index (κ3) is 4.15. The Kier molecular flexibility index (Phi) is 5.55. The predicted octanol–water partition coefficient (Wildman–Crippen LogP) is 1.66. The van der Waals surface area contributed by atoms with Gasteiger partial charge in [-0.1, -0.05) is 20.8 Å². The summed E-state index contributed by atoms with van der Waals surface area (Å²) in [6.45, 7) is 11.1. The van der Waals surface area contributed by atoms with Gasteiger partial charge in [0.2, 0.25) is 0 Å². The van der Waals surface area contributed by atoms with E-state index < -0.39 is 11.8 Å². The Morgan fingerprint density at radius 3 is 1.81 bits per heavy atom. The van der Waals surface area contributed by atoms with Crippen LogP contribution in [0.3, 0.4) is 0 Å². The molecule has 0 aromatic carbocycles. The summed E-state index contributed by atoms with van der Waals surface area (Å²) in [6.07, 6.45) is 1.93. The van der Waals surface area contributed by atoms with Crippen molar-refractivity contribution in [1.29, 1.82) is 0 Å². The van der Waals surface area contributed by atoms with E-state index in [2.05, 4.69) is 25.8 Å². The van der Waals surface area contributed by atoms with Gasteiger partial charge in [-0.05, 0) is 19.8 Å². The molecule has 8 heteroatoms. The van der Waals surface area contributed by atoms with Crippen LogP contribution >= 0.6 is 11.3 Å². The van der Waals surface area contributed by atoms with Gasteiger partial charge in [-0.2, -0.15) is 0 Å². The number of hydrogen-bond acceptors (Lipinski definition) is 5. The number of amides is 3. The van der Waals surface area contributed by atoms with Crippen molar-refractivity contribution in [3.63, 3.8) is 0 Å². The van der Waals surface area contributed by atoms with Gasteiger partial charge >= 0.3 is 11.8 Å². The number of aromatic nitrogens is 1. The zero-order valence-corrected chi connectivity index (χ0v) is 17.4. The number of likely N-dealkylation sites (tertiary alicyclic amines) is 1. The summed E-state index contributed by atoms with van der Waals surface area (Å²) in [5.74, 6) is -0.869. The molecule has 7 nitrogen and oxygen atoms in total. The molecule has 0 atom stereocenters. The summed E-state index contributed by atoms with van der Waals surface area (Å²) in [5.41, 5.74) is 0.673. The molecule has 1 aromatic rings. The van der Waals surface area contributed by atoms with Gasteiger partial charge in [0.15, 0.2) is 0 Å². The Balaban J connectivity index is 1.60. The first-order valence-electron chi connectivity index (χ1n) is 9.54. The largest absolute Gasteiger partial charge is 0.334 e. The van der Waals surface area contributed by atoms with Crippen molar-refractivity contribution in [1.82, 2.24) is 19.7 Å². The normalized spacial score (nSPS) is 18.1. The Hall–Kier alpha value is -1.96. The molecule has 0 unspecified atom stereocenters. The molecule has 0 saturated carbocycles. The summed E-state index contributed by atoms with van der Waals surface area (Å²) in [4.78, 5) is 47.8. The van der Waals surface area contributed by atoms with Gasteiger partial charge in [-0.3, -0.25) is 14.4 Å². The summed E-state index contributed by atoms with van der Waals surface area (Å²) in [5, 5.41) is 0.952. The molecule has 3 amide bonds. The molecule has 2 saturated heterocycles. The number of hydrogen-bond donors (Lipinski definition) is 0. The minimum absolute atomic E-state index is 0.0292. The van der Waals surface area contributed by atoms with Crippen molar-refractivity contribution >= 4 is 29.1 Å². The SMILES string of the molecule is Cc1nc(C(C)(C)C)sc1C(=O)N1CCN(C(=O)C(=O)N2CCCC2)CC1. The molecule has 0 N–H and O–H groups in total. The number of aryl methyl sites for hydroxylation is 1. The molecule has 148 valence electrons. The van der Waals surface area contributed by atoms with Crippen LogP contribution in [0.1, 0.15) is 54.0 Å². The van der Waals surface area contributed by atoms with Gasteiger partial charge in [0.05, 0.1) is 10.7 Å². The quantitative estimate of drug-likeness (QED) is 0.681. The van der Waals surface area contributed by atoms with Crippen LogP contribution in [0.15, 0.2) is 0 Å². The number of thiazole rings is 1. The number of rotatable bonds is 1. The zero-order chi connectivity index (χ0) is 19.8. The molecule has 0 radical (unpaired) electrons.